The van der Waals surface area contributed by atoms with Crippen LogP contribution in [0.15, 0.2) is 16.9 Å². The van der Waals surface area contributed by atoms with E-state index in [-0.39, 0.29) is 23.3 Å². The second-order valence-corrected chi connectivity index (χ2v) is 7.42. The lowest BCUT2D eigenvalue weighted by Gasteiger charge is -2.36. The van der Waals surface area contributed by atoms with Crippen molar-refractivity contribution in [3.63, 3.8) is 0 Å². The van der Waals surface area contributed by atoms with Gasteiger partial charge in [-0.25, -0.2) is 4.68 Å². The number of carbonyl (C=O) groups is 2. The van der Waals surface area contributed by atoms with Crippen LogP contribution in [0.4, 0.5) is 0 Å². The highest BCUT2D eigenvalue weighted by molar-refractivity contribution is 5.82. The van der Waals surface area contributed by atoms with E-state index >= 15 is 0 Å². The van der Waals surface area contributed by atoms with Gasteiger partial charge in [0, 0.05) is 44.1 Å². The van der Waals surface area contributed by atoms with E-state index in [1.807, 2.05) is 4.90 Å². The van der Waals surface area contributed by atoms with E-state index in [0.717, 1.165) is 31.4 Å². The first kappa shape index (κ1) is 16.3. The highest BCUT2D eigenvalue weighted by atomic mass is 16.2. The van der Waals surface area contributed by atoms with Gasteiger partial charge in [-0.1, -0.05) is 0 Å². The second-order valence-electron chi connectivity index (χ2n) is 7.42. The van der Waals surface area contributed by atoms with Gasteiger partial charge in [-0.3, -0.25) is 14.4 Å². The maximum Gasteiger partial charge on any atom is 0.267 e. The summed E-state index contributed by atoms with van der Waals surface area (Å²) in [5.41, 5.74) is 0.659. The van der Waals surface area contributed by atoms with Crippen molar-refractivity contribution in [2.24, 2.45) is 5.92 Å². The van der Waals surface area contributed by atoms with Gasteiger partial charge in [-0.15, -0.1) is 0 Å². The third-order valence-corrected chi connectivity index (χ3v) is 5.40. The molecule has 2 heterocycles. The number of carbonyl (C=O) groups excluding carboxylic acids is 2. The number of hydrogen-bond acceptors (Lipinski definition) is 4. The highest BCUT2D eigenvalue weighted by Gasteiger charge is 2.36. The lowest BCUT2D eigenvalue weighted by Crippen LogP contribution is -2.52. The molecule has 1 atom stereocenters. The second kappa shape index (κ2) is 6.28. The zero-order valence-electron chi connectivity index (χ0n) is 14.6. The molecule has 1 aliphatic heterocycles. The van der Waals surface area contributed by atoms with Crippen molar-refractivity contribution < 1.29 is 9.59 Å². The summed E-state index contributed by atoms with van der Waals surface area (Å²) in [6, 6.07) is 2.67. The SMILES string of the molecule is CC(C(=O)N1CCN(C(=O)C2CC2)CC1)n1nc(C2CC2)ccc1=O. The van der Waals surface area contributed by atoms with Crippen LogP contribution in [0.2, 0.25) is 0 Å². The van der Waals surface area contributed by atoms with Crippen molar-refractivity contribution >= 4 is 11.8 Å². The van der Waals surface area contributed by atoms with Crippen molar-refractivity contribution in [2.45, 2.75) is 44.6 Å². The normalized spacial score (nSPS) is 22.0. The van der Waals surface area contributed by atoms with Crippen molar-refractivity contribution in [3.05, 3.63) is 28.2 Å². The number of amides is 2. The molecule has 25 heavy (non-hydrogen) atoms. The molecule has 3 aliphatic rings. The molecular weight excluding hydrogens is 320 g/mol. The summed E-state index contributed by atoms with van der Waals surface area (Å²) in [5, 5.41) is 4.42. The zero-order valence-corrected chi connectivity index (χ0v) is 14.6. The summed E-state index contributed by atoms with van der Waals surface area (Å²) < 4.78 is 1.32. The molecule has 7 heteroatoms. The lowest BCUT2D eigenvalue weighted by molar-refractivity contribution is -0.142. The molecule has 0 aromatic carbocycles. The molecule has 3 fully saturated rings. The maximum absolute atomic E-state index is 12.8. The van der Waals surface area contributed by atoms with Crippen LogP contribution < -0.4 is 5.56 Å². The fraction of sp³-hybridized carbons (Fsp3) is 0.667. The van der Waals surface area contributed by atoms with E-state index in [9.17, 15) is 14.4 Å². The number of rotatable bonds is 4. The Morgan fingerprint density at radius 2 is 1.68 bits per heavy atom. The van der Waals surface area contributed by atoms with Gasteiger partial charge in [0.1, 0.15) is 6.04 Å². The van der Waals surface area contributed by atoms with Crippen molar-refractivity contribution in [1.29, 1.82) is 0 Å². The van der Waals surface area contributed by atoms with Gasteiger partial charge >= 0.3 is 0 Å². The fourth-order valence-electron chi connectivity index (χ4n) is 3.42. The number of nitrogens with zero attached hydrogens (tertiary/aromatic N) is 4. The number of piperazine rings is 1. The minimum absolute atomic E-state index is 0.0962. The van der Waals surface area contributed by atoms with E-state index in [1.54, 1.807) is 17.9 Å². The molecule has 1 aromatic rings. The number of aromatic nitrogens is 2. The van der Waals surface area contributed by atoms with Gasteiger partial charge < -0.3 is 9.80 Å². The predicted molar refractivity (Wildman–Crippen MR) is 91.1 cm³/mol. The van der Waals surface area contributed by atoms with Crippen LogP contribution in [0.5, 0.6) is 0 Å². The van der Waals surface area contributed by atoms with Crippen molar-refractivity contribution in [3.8, 4) is 0 Å². The monoisotopic (exact) mass is 344 g/mol. The molecule has 0 spiro atoms. The molecule has 2 saturated carbocycles. The summed E-state index contributed by atoms with van der Waals surface area (Å²) >= 11 is 0. The van der Waals surface area contributed by atoms with Crippen LogP contribution >= 0.6 is 0 Å². The van der Waals surface area contributed by atoms with Gasteiger partial charge in [-0.2, -0.15) is 5.10 Å². The first-order chi connectivity index (χ1) is 12.0. The van der Waals surface area contributed by atoms with Crippen LogP contribution in [0, 0.1) is 5.92 Å². The Balaban J connectivity index is 1.41. The molecular formula is C18H24N4O3. The summed E-state index contributed by atoms with van der Waals surface area (Å²) in [4.78, 5) is 40.7. The number of hydrogen-bond donors (Lipinski definition) is 0. The predicted octanol–water partition coefficient (Wildman–Crippen LogP) is 0.762. The average Bonchev–Trinajstić information content (AvgIpc) is 3.52. The summed E-state index contributed by atoms with van der Waals surface area (Å²) in [5.74, 6) is 0.788. The standard InChI is InChI=1S/C18H24N4O3/c1-12(22-16(23)7-6-15(19-22)13-2-3-13)17(24)20-8-10-21(11-9-20)18(25)14-4-5-14/h6-7,12-14H,2-5,8-11H2,1H3. The molecule has 0 bridgehead atoms. The molecule has 0 N–H and O–H groups in total. The van der Waals surface area contributed by atoms with Gasteiger partial charge in [0.15, 0.2) is 0 Å². The minimum atomic E-state index is -0.614. The molecule has 2 amide bonds. The molecule has 1 unspecified atom stereocenters. The van der Waals surface area contributed by atoms with Crippen LogP contribution in [-0.2, 0) is 9.59 Å². The Bertz CT molecular complexity index is 743. The molecule has 1 aromatic heterocycles. The lowest BCUT2D eigenvalue weighted by atomic mass is 10.2. The first-order valence-corrected chi connectivity index (χ1v) is 9.22. The largest absolute Gasteiger partial charge is 0.339 e. The van der Waals surface area contributed by atoms with Gasteiger partial charge in [0.05, 0.1) is 5.69 Å². The summed E-state index contributed by atoms with van der Waals surface area (Å²) in [6.07, 6.45) is 4.21. The van der Waals surface area contributed by atoms with E-state index < -0.39 is 6.04 Å². The molecule has 7 nitrogen and oxygen atoms in total. The van der Waals surface area contributed by atoms with Crippen LogP contribution in [0.3, 0.4) is 0 Å². The summed E-state index contributed by atoms with van der Waals surface area (Å²) in [6.45, 7) is 3.95. The molecule has 4 rings (SSSR count). The van der Waals surface area contributed by atoms with E-state index in [0.29, 0.717) is 32.1 Å². The topological polar surface area (TPSA) is 75.5 Å². The van der Waals surface area contributed by atoms with Gasteiger partial charge in [0.2, 0.25) is 11.8 Å². The van der Waals surface area contributed by atoms with Crippen LogP contribution in [0.25, 0.3) is 0 Å². The fourth-order valence-corrected chi connectivity index (χ4v) is 3.42. The minimum Gasteiger partial charge on any atom is -0.339 e. The zero-order chi connectivity index (χ0) is 17.6. The Morgan fingerprint density at radius 1 is 1.04 bits per heavy atom. The Morgan fingerprint density at radius 3 is 2.28 bits per heavy atom. The van der Waals surface area contributed by atoms with E-state index in [1.165, 1.54) is 10.7 Å². The third-order valence-electron chi connectivity index (χ3n) is 5.40. The van der Waals surface area contributed by atoms with Crippen molar-refractivity contribution in [1.82, 2.24) is 19.6 Å². The smallest absolute Gasteiger partial charge is 0.267 e. The van der Waals surface area contributed by atoms with E-state index in [2.05, 4.69) is 5.10 Å². The van der Waals surface area contributed by atoms with Gasteiger partial charge in [0.25, 0.3) is 5.56 Å². The third kappa shape index (κ3) is 3.32. The molecule has 134 valence electrons. The highest BCUT2D eigenvalue weighted by Crippen LogP contribution is 2.38. The van der Waals surface area contributed by atoms with E-state index in [4.69, 9.17) is 0 Å². The Hall–Kier alpha value is -2.18. The Kier molecular flexibility index (Phi) is 4.09. The van der Waals surface area contributed by atoms with Crippen LogP contribution in [-0.4, -0.2) is 57.6 Å². The van der Waals surface area contributed by atoms with Crippen LogP contribution in [0.1, 0.15) is 50.3 Å². The molecule has 0 radical (unpaired) electrons. The van der Waals surface area contributed by atoms with Gasteiger partial charge in [-0.05, 0) is 38.7 Å². The average molecular weight is 344 g/mol. The summed E-state index contributed by atoms with van der Waals surface area (Å²) in [7, 11) is 0. The quantitative estimate of drug-likeness (QED) is 0.808. The Labute approximate surface area is 146 Å². The maximum atomic E-state index is 12.8. The molecule has 1 saturated heterocycles. The van der Waals surface area contributed by atoms with Crippen molar-refractivity contribution in [2.75, 3.05) is 26.2 Å². The molecule has 2 aliphatic carbocycles. The first-order valence-electron chi connectivity index (χ1n) is 9.22.